The molecule has 8 heteroatoms. The van der Waals surface area contributed by atoms with Gasteiger partial charge in [-0.3, -0.25) is 4.98 Å². The van der Waals surface area contributed by atoms with Gasteiger partial charge in [0.1, 0.15) is 23.5 Å². The van der Waals surface area contributed by atoms with Gasteiger partial charge in [0.2, 0.25) is 5.89 Å². The van der Waals surface area contributed by atoms with Crippen molar-refractivity contribution in [2.75, 3.05) is 0 Å². The number of aryl methyl sites for hydroxylation is 1. The van der Waals surface area contributed by atoms with E-state index in [-0.39, 0.29) is 11.2 Å². The molecule has 0 spiro atoms. The van der Waals surface area contributed by atoms with Crippen molar-refractivity contribution in [3.63, 3.8) is 0 Å². The van der Waals surface area contributed by atoms with Gasteiger partial charge in [0, 0.05) is 11.8 Å². The van der Waals surface area contributed by atoms with Crippen molar-refractivity contribution in [2.45, 2.75) is 57.0 Å². The maximum Gasteiger partial charge on any atom is 0.247 e. The smallest absolute Gasteiger partial charge is 0.247 e. The largest absolute Gasteiger partial charge is 0.443 e. The van der Waals surface area contributed by atoms with Gasteiger partial charge >= 0.3 is 0 Å². The number of hydrogen-bond donors (Lipinski definition) is 1. The fraction of sp³-hybridized carbons (Fsp3) is 0.346. The highest BCUT2D eigenvalue weighted by molar-refractivity contribution is 5.66. The first-order valence-corrected chi connectivity index (χ1v) is 11.6. The number of aromatic nitrogens is 5. The Labute approximate surface area is 196 Å². The van der Waals surface area contributed by atoms with E-state index in [0.29, 0.717) is 40.9 Å². The van der Waals surface area contributed by atoms with Gasteiger partial charge < -0.3 is 9.52 Å². The number of benzene rings is 1. The van der Waals surface area contributed by atoms with E-state index in [2.05, 4.69) is 20.2 Å². The summed E-state index contributed by atoms with van der Waals surface area (Å²) >= 11 is 0. The van der Waals surface area contributed by atoms with Crippen LogP contribution in [0.1, 0.15) is 72.8 Å². The molecule has 1 fully saturated rings. The summed E-state index contributed by atoms with van der Waals surface area (Å²) in [6, 6.07) is 7.05. The number of nitrogens with zero attached hydrogens (tertiary/aromatic N) is 5. The van der Waals surface area contributed by atoms with E-state index in [9.17, 15) is 9.50 Å². The van der Waals surface area contributed by atoms with Crippen LogP contribution in [0.2, 0.25) is 0 Å². The minimum Gasteiger partial charge on any atom is -0.443 e. The molecule has 3 atom stereocenters. The van der Waals surface area contributed by atoms with E-state index in [4.69, 9.17) is 9.40 Å². The number of hydrogen-bond acceptors (Lipinski definition) is 7. The first kappa shape index (κ1) is 21.0. The molecule has 1 saturated carbocycles. The molecule has 172 valence electrons. The van der Waals surface area contributed by atoms with E-state index >= 15 is 0 Å². The second kappa shape index (κ2) is 7.77. The number of oxazole rings is 1. The van der Waals surface area contributed by atoms with Gasteiger partial charge in [-0.15, -0.1) is 0 Å². The second-order valence-electron chi connectivity index (χ2n) is 9.28. The minimum atomic E-state index is -0.674. The Balaban J connectivity index is 1.40. The first-order chi connectivity index (χ1) is 16.5. The van der Waals surface area contributed by atoms with Crippen molar-refractivity contribution in [1.29, 1.82) is 0 Å². The molecule has 6 rings (SSSR count). The van der Waals surface area contributed by atoms with Crippen molar-refractivity contribution < 1.29 is 13.9 Å². The summed E-state index contributed by atoms with van der Waals surface area (Å²) in [5, 5.41) is 19.1. The monoisotopic (exact) mass is 457 g/mol. The molecule has 1 N–H and O–H groups in total. The zero-order valence-electron chi connectivity index (χ0n) is 19.0. The van der Waals surface area contributed by atoms with Crippen LogP contribution in [0.5, 0.6) is 0 Å². The molecule has 0 aliphatic heterocycles. The Bertz CT molecular complexity index is 1380. The topological polar surface area (TPSA) is 97.8 Å². The van der Waals surface area contributed by atoms with E-state index < -0.39 is 6.10 Å². The molecule has 2 aliphatic carbocycles. The highest BCUT2D eigenvalue weighted by atomic mass is 19.1. The molecular formula is C26H24FN5O2. The molecule has 2 aliphatic rings. The van der Waals surface area contributed by atoms with Crippen LogP contribution in [-0.2, 0) is 5.41 Å². The van der Waals surface area contributed by atoms with E-state index in [1.165, 1.54) is 12.3 Å². The third kappa shape index (κ3) is 3.09. The number of halogens is 1. The summed E-state index contributed by atoms with van der Waals surface area (Å²) in [6.45, 7) is 3.77. The lowest BCUT2D eigenvalue weighted by atomic mass is 9.80. The predicted octanol–water partition coefficient (Wildman–Crippen LogP) is 5.05. The average Bonchev–Trinajstić information content (AvgIpc) is 3.59. The van der Waals surface area contributed by atoms with E-state index in [1.54, 1.807) is 18.5 Å². The molecule has 1 aromatic carbocycles. The zero-order chi connectivity index (χ0) is 23.4. The van der Waals surface area contributed by atoms with Crippen LogP contribution in [0.4, 0.5) is 4.39 Å². The van der Waals surface area contributed by atoms with Crippen molar-refractivity contribution in [3.05, 3.63) is 76.9 Å². The fourth-order valence-corrected chi connectivity index (χ4v) is 5.51. The summed E-state index contributed by atoms with van der Waals surface area (Å²) in [5.74, 6) is 0.372. The molecule has 0 unspecified atom stereocenters. The average molecular weight is 458 g/mol. The Morgan fingerprint density at radius 3 is 2.91 bits per heavy atom. The number of rotatable bonds is 5. The van der Waals surface area contributed by atoms with Crippen molar-refractivity contribution in [2.24, 2.45) is 0 Å². The second-order valence-corrected chi connectivity index (χ2v) is 9.28. The maximum atomic E-state index is 14.6. The van der Waals surface area contributed by atoms with Crippen LogP contribution in [0.25, 0.3) is 22.8 Å². The minimum absolute atomic E-state index is 0.288. The Morgan fingerprint density at radius 1 is 1.21 bits per heavy atom. The first-order valence-electron chi connectivity index (χ1n) is 11.6. The molecule has 3 heterocycles. The summed E-state index contributed by atoms with van der Waals surface area (Å²) < 4.78 is 20.2. The summed E-state index contributed by atoms with van der Waals surface area (Å²) in [7, 11) is 0. The van der Waals surface area contributed by atoms with Crippen LogP contribution in [-0.4, -0.2) is 30.3 Å². The molecule has 0 saturated heterocycles. The van der Waals surface area contributed by atoms with E-state index in [1.807, 2.05) is 26.0 Å². The van der Waals surface area contributed by atoms with Crippen LogP contribution in [0.15, 0.2) is 47.3 Å². The Hall–Kier alpha value is -3.52. The zero-order valence-corrected chi connectivity index (χ0v) is 19.0. The van der Waals surface area contributed by atoms with Crippen LogP contribution < -0.4 is 0 Å². The molecular weight excluding hydrogens is 433 g/mol. The van der Waals surface area contributed by atoms with Crippen molar-refractivity contribution >= 4 is 0 Å². The number of fused-ring (bicyclic) bond motifs is 5. The molecule has 7 nitrogen and oxygen atoms in total. The highest BCUT2D eigenvalue weighted by Crippen LogP contribution is 2.59. The summed E-state index contributed by atoms with van der Waals surface area (Å²) in [4.78, 5) is 13.7. The normalized spacial score (nSPS) is 21.6. The summed E-state index contributed by atoms with van der Waals surface area (Å²) in [6.07, 6.45) is 7.52. The fourth-order valence-electron chi connectivity index (χ4n) is 5.51. The van der Waals surface area contributed by atoms with Crippen LogP contribution >= 0.6 is 0 Å². The Morgan fingerprint density at radius 2 is 2.09 bits per heavy atom. The van der Waals surface area contributed by atoms with Crippen molar-refractivity contribution in [1.82, 2.24) is 25.1 Å². The van der Waals surface area contributed by atoms with Gasteiger partial charge in [0.15, 0.2) is 0 Å². The lowest BCUT2D eigenvalue weighted by Crippen LogP contribution is -2.26. The van der Waals surface area contributed by atoms with Gasteiger partial charge in [-0.25, -0.2) is 14.4 Å². The van der Waals surface area contributed by atoms with Gasteiger partial charge in [-0.05, 0) is 61.8 Å². The third-order valence-corrected chi connectivity index (χ3v) is 7.30. The quantitative estimate of drug-likeness (QED) is 0.448. The number of aliphatic hydroxyl groups excluding tert-OH is 1. The van der Waals surface area contributed by atoms with Crippen LogP contribution in [0, 0.1) is 12.7 Å². The van der Waals surface area contributed by atoms with Crippen LogP contribution in [0.3, 0.4) is 0 Å². The predicted molar refractivity (Wildman–Crippen MR) is 122 cm³/mol. The standard InChI is InChI=1S/C26H24FN5O2/c1-3-21(33)20-13-34-25(30-20)19-11-28-12-22(29-19)26-8-7-15(10-26)16-9-18(31-32-24(16)26)23-14(2)5-4-6-17(23)27/h4-6,9,11-13,15,21,33H,3,7-8,10H2,1-2H3/t15-,21+,26+/m1/s1. The van der Waals surface area contributed by atoms with Gasteiger partial charge in [0.25, 0.3) is 0 Å². The molecule has 34 heavy (non-hydrogen) atoms. The van der Waals surface area contributed by atoms with Gasteiger partial charge in [0.05, 0.1) is 34.8 Å². The maximum absolute atomic E-state index is 14.6. The molecule has 4 aromatic rings. The van der Waals surface area contributed by atoms with E-state index in [0.717, 1.165) is 41.8 Å². The Kier molecular flexibility index (Phi) is 4.81. The molecule has 0 radical (unpaired) electrons. The van der Waals surface area contributed by atoms with Crippen molar-refractivity contribution in [3.8, 4) is 22.8 Å². The molecule has 2 bridgehead atoms. The molecule has 3 aromatic heterocycles. The summed E-state index contributed by atoms with van der Waals surface area (Å²) in [5.41, 5.74) is 5.37. The molecule has 0 amide bonds. The SMILES string of the molecule is CC[C@H](O)c1coc(-c2cncc([C@]34CC[C@H](C3)c3cc(-c5c(C)cccc5F)nnc34)n2)n1. The lowest BCUT2D eigenvalue weighted by Gasteiger charge is -2.26. The van der Waals surface area contributed by atoms with Gasteiger partial charge in [-0.1, -0.05) is 19.1 Å². The highest BCUT2D eigenvalue weighted by Gasteiger charge is 2.53. The number of aliphatic hydroxyl groups is 1. The lowest BCUT2D eigenvalue weighted by molar-refractivity contribution is 0.169. The van der Waals surface area contributed by atoms with Gasteiger partial charge in [-0.2, -0.15) is 10.2 Å². The third-order valence-electron chi connectivity index (χ3n) is 7.30.